The molecular weight excluding hydrogens is 196 g/mol. The smallest absolute Gasteiger partial charge is 0.251 e. The van der Waals surface area contributed by atoms with E-state index in [1.54, 1.807) is 19.3 Å². The first kappa shape index (κ1) is 9.92. The van der Waals surface area contributed by atoms with Gasteiger partial charge >= 0.3 is 0 Å². The van der Waals surface area contributed by atoms with Crippen molar-refractivity contribution in [1.29, 1.82) is 0 Å². The highest BCUT2D eigenvalue weighted by Crippen LogP contribution is 2.02. The van der Waals surface area contributed by atoms with E-state index in [1.165, 1.54) is 10.6 Å². The topological polar surface area (TPSA) is 60.3 Å². The van der Waals surface area contributed by atoms with E-state index in [9.17, 15) is 9.59 Å². The van der Waals surface area contributed by atoms with Crippen LogP contribution >= 0.6 is 0 Å². The molecule has 0 atom stereocenters. The first-order valence-corrected chi connectivity index (χ1v) is 4.72. The second-order valence-corrected chi connectivity index (χ2v) is 3.57. The third-order valence-electron chi connectivity index (χ3n) is 2.34. The molecule has 0 saturated carbocycles. The number of amides is 1. The van der Waals surface area contributed by atoms with E-state index < -0.39 is 0 Å². The van der Waals surface area contributed by atoms with Gasteiger partial charge in [-0.1, -0.05) is 0 Å². The first-order chi connectivity index (χ1) is 7.16. The summed E-state index contributed by atoms with van der Waals surface area (Å²) < 4.78 is 6.35. The van der Waals surface area contributed by atoms with Gasteiger partial charge in [0.05, 0.1) is 19.3 Å². The highest BCUT2D eigenvalue weighted by Gasteiger charge is 2.20. The lowest BCUT2D eigenvalue weighted by Crippen LogP contribution is -2.48. The molecular formula is C10H12N2O3. The fourth-order valence-corrected chi connectivity index (χ4v) is 1.28. The number of hydrogen-bond acceptors (Lipinski definition) is 3. The Morgan fingerprint density at radius 2 is 2.33 bits per heavy atom. The minimum Gasteiger partial charge on any atom is -0.377 e. The molecule has 0 spiro atoms. The lowest BCUT2D eigenvalue weighted by molar-refractivity contribution is -0.00346. The van der Waals surface area contributed by atoms with Gasteiger partial charge in [0.15, 0.2) is 0 Å². The van der Waals surface area contributed by atoms with E-state index in [0.717, 1.165) is 0 Å². The molecule has 0 aliphatic carbocycles. The van der Waals surface area contributed by atoms with Crippen LogP contribution in [0.1, 0.15) is 10.4 Å². The largest absolute Gasteiger partial charge is 0.377 e. The molecule has 1 amide bonds. The van der Waals surface area contributed by atoms with Gasteiger partial charge in [-0.2, -0.15) is 0 Å². The molecule has 1 N–H and O–H groups in total. The average Bonchev–Trinajstić information content (AvgIpc) is 2.15. The Kier molecular flexibility index (Phi) is 2.55. The van der Waals surface area contributed by atoms with Crippen molar-refractivity contribution >= 4 is 5.91 Å². The second kappa shape index (κ2) is 3.86. The molecule has 1 aliphatic heterocycles. The van der Waals surface area contributed by atoms with Gasteiger partial charge in [-0.15, -0.1) is 0 Å². The number of ether oxygens (including phenoxy) is 1. The molecule has 15 heavy (non-hydrogen) atoms. The van der Waals surface area contributed by atoms with Crippen LogP contribution in [-0.4, -0.2) is 29.7 Å². The Balaban J connectivity index is 2.11. The van der Waals surface area contributed by atoms with Crippen LogP contribution in [0.15, 0.2) is 23.1 Å². The predicted molar refractivity (Wildman–Crippen MR) is 53.8 cm³/mol. The first-order valence-electron chi connectivity index (χ1n) is 4.72. The Morgan fingerprint density at radius 3 is 2.87 bits per heavy atom. The van der Waals surface area contributed by atoms with E-state index in [1.807, 2.05) is 0 Å². The zero-order valence-corrected chi connectivity index (χ0v) is 8.40. The van der Waals surface area contributed by atoms with Crippen LogP contribution in [0.2, 0.25) is 0 Å². The van der Waals surface area contributed by atoms with Crippen molar-refractivity contribution in [1.82, 2.24) is 9.88 Å². The summed E-state index contributed by atoms with van der Waals surface area (Å²) >= 11 is 0. The van der Waals surface area contributed by atoms with Gasteiger partial charge in [0.1, 0.15) is 0 Å². The molecule has 2 heterocycles. The highest BCUT2D eigenvalue weighted by atomic mass is 16.5. The Bertz CT molecular complexity index is 435. The second-order valence-electron chi connectivity index (χ2n) is 3.57. The maximum absolute atomic E-state index is 11.6. The fourth-order valence-electron chi connectivity index (χ4n) is 1.28. The molecule has 1 aromatic heterocycles. The van der Waals surface area contributed by atoms with Gasteiger partial charge in [-0.25, -0.2) is 0 Å². The van der Waals surface area contributed by atoms with Gasteiger partial charge in [-0.3, -0.25) is 9.59 Å². The van der Waals surface area contributed by atoms with Crippen LogP contribution in [0.25, 0.3) is 0 Å². The zero-order valence-electron chi connectivity index (χ0n) is 8.40. The standard InChI is InChI=1S/C10H12N2O3/c1-12-3-2-7(4-9(12)13)10(14)11-8-5-15-6-8/h2-4,8H,5-6H2,1H3,(H,11,14). The molecule has 1 saturated heterocycles. The van der Waals surface area contributed by atoms with Crippen molar-refractivity contribution in [3.05, 3.63) is 34.2 Å². The Labute approximate surface area is 86.7 Å². The molecule has 5 heteroatoms. The van der Waals surface area contributed by atoms with E-state index >= 15 is 0 Å². The molecule has 0 unspecified atom stereocenters. The third kappa shape index (κ3) is 2.07. The summed E-state index contributed by atoms with van der Waals surface area (Å²) in [6, 6.07) is 3.03. The van der Waals surface area contributed by atoms with Gasteiger partial charge in [-0.05, 0) is 6.07 Å². The summed E-state index contributed by atoms with van der Waals surface area (Å²) in [4.78, 5) is 22.9. The SMILES string of the molecule is Cn1ccc(C(=O)NC2COC2)cc1=O. The van der Waals surface area contributed by atoms with Crippen LogP contribution in [0.4, 0.5) is 0 Å². The molecule has 1 aromatic rings. The molecule has 80 valence electrons. The molecule has 1 fully saturated rings. The van der Waals surface area contributed by atoms with Gasteiger partial charge < -0.3 is 14.6 Å². The van der Waals surface area contributed by atoms with Gasteiger partial charge in [0, 0.05) is 24.9 Å². The van der Waals surface area contributed by atoms with E-state index in [4.69, 9.17) is 4.74 Å². The lowest BCUT2D eigenvalue weighted by Gasteiger charge is -2.26. The lowest BCUT2D eigenvalue weighted by atomic mass is 10.2. The summed E-state index contributed by atoms with van der Waals surface area (Å²) in [6.45, 7) is 1.10. The number of pyridine rings is 1. The van der Waals surface area contributed by atoms with Crippen molar-refractivity contribution in [2.75, 3.05) is 13.2 Å². The maximum atomic E-state index is 11.6. The van der Waals surface area contributed by atoms with Crippen molar-refractivity contribution in [2.45, 2.75) is 6.04 Å². The predicted octanol–water partition coefficient (Wildman–Crippen LogP) is -0.486. The quantitative estimate of drug-likeness (QED) is 0.713. The summed E-state index contributed by atoms with van der Waals surface area (Å²) in [5, 5.41) is 2.77. The molecule has 5 nitrogen and oxygen atoms in total. The van der Waals surface area contributed by atoms with Crippen LogP contribution < -0.4 is 10.9 Å². The summed E-state index contributed by atoms with van der Waals surface area (Å²) in [7, 11) is 1.64. The number of carbonyl (C=O) groups is 1. The van der Waals surface area contributed by atoms with Crippen LogP contribution in [0, 0.1) is 0 Å². The van der Waals surface area contributed by atoms with E-state index in [-0.39, 0.29) is 17.5 Å². The summed E-state index contributed by atoms with van der Waals surface area (Å²) in [5.41, 5.74) is 0.206. The number of nitrogens with one attached hydrogen (secondary N) is 1. The minimum absolute atomic E-state index is 0.0848. The van der Waals surface area contributed by atoms with Gasteiger partial charge in [0.2, 0.25) is 0 Å². The number of aromatic nitrogens is 1. The molecule has 0 bridgehead atoms. The van der Waals surface area contributed by atoms with Crippen molar-refractivity contribution in [2.24, 2.45) is 7.05 Å². The molecule has 0 aromatic carbocycles. The number of carbonyl (C=O) groups excluding carboxylic acids is 1. The third-order valence-corrected chi connectivity index (χ3v) is 2.34. The average molecular weight is 208 g/mol. The monoisotopic (exact) mass is 208 g/mol. The van der Waals surface area contributed by atoms with Gasteiger partial charge in [0.25, 0.3) is 11.5 Å². The number of hydrogen-bond donors (Lipinski definition) is 1. The molecule has 2 rings (SSSR count). The Hall–Kier alpha value is -1.62. The number of rotatable bonds is 2. The Morgan fingerprint density at radius 1 is 1.60 bits per heavy atom. The summed E-state index contributed by atoms with van der Waals surface area (Å²) in [6.07, 6.45) is 1.58. The number of aryl methyl sites for hydroxylation is 1. The van der Waals surface area contributed by atoms with Crippen LogP contribution in [-0.2, 0) is 11.8 Å². The van der Waals surface area contributed by atoms with Crippen molar-refractivity contribution < 1.29 is 9.53 Å². The number of nitrogens with zero attached hydrogens (tertiary/aromatic N) is 1. The van der Waals surface area contributed by atoms with E-state index in [2.05, 4.69) is 5.32 Å². The zero-order chi connectivity index (χ0) is 10.8. The van der Waals surface area contributed by atoms with E-state index in [0.29, 0.717) is 18.8 Å². The van der Waals surface area contributed by atoms with Crippen molar-refractivity contribution in [3.8, 4) is 0 Å². The normalized spacial score (nSPS) is 15.8. The summed E-state index contributed by atoms with van der Waals surface area (Å²) in [5.74, 6) is -0.221. The minimum atomic E-state index is -0.221. The van der Waals surface area contributed by atoms with Crippen LogP contribution in [0.5, 0.6) is 0 Å². The molecule has 0 radical (unpaired) electrons. The van der Waals surface area contributed by atoms with Crippen molar-refractivity contribution in [3.63, 3.8) is 0 Å². The molecule has 1 aliphatic rings. The highest BCUT2D eigenvalue weighted by molar-refractivity contribution is 5.94. The fraction of sp³-hybridized carbons (Fsp3) is 0.400. The van der Waals surface area contributed by atoms with Crippen LogP contribution in [0.3, 0.4) is 0 Å². The maximum Gasteiger partial charge on any atom is 0.251 e.